The van der Waals surface area contributed by atoms with Gasteiger partial charge in [0.25, 0.3) is 5.91 Å². The normalized spacial score (nSPS) is 11.8. The van der Waals surface area contributed by atoms with Crippen molar-refractivity contribution in [3.63, 3.8) is 0 Å². The predicted octanol–water partition coefficient (Wildman–Crippen LogP) is 4.11. The van der Waals surface area contributed by atoms with Gasteiger partial charge in [0.05, 0.1) is 0 Å². The van der Waals surface area contributed by atoms with E-state index in [4.69, 9.17) is 9.47 Å². The Hall–Kier alpha value is -2.86. The van der Waals surface area contributed by atoms with Crippen molar-refractivity contribution in [2.45, 2.75) is 39.7 Å². The summed E-state index contributed by atoms with van der Waals surface area (Å²) in [6, 6.07) is 12.7. The number of carbonyl (C=O) groups excluding carboxylic acids is 2. The SMILES string of the molecule is COCC(=O)Nc1ccc(NC(=O)C(C)Oc2ccc(C(C)C)c(C)c2)cc1. The monoisotopic (exact) mass is 384 g/mol. The molecule has 0 saturated carbocycles. The van der Waals surface area contributed by atoms with E-state index < -0.39 is 6.10 Å². The van der Waals surface area contributed by atoms with Gasteiger partial charge in [0.2, 0.25) is 5.91 Å². The number of methoxy groups -OCH3 is 1. The van der Waals surface area contributed by atoms with Gasteiger partial charge in [0.1, 0.15) is 12.4 Å². The largest absolute Gasteiger partial charge is 0.481 e. The molecule has 0 spiro atoms. The summed E-state index contributed by atoms with van der Waals surface area (Å²) in [5.74, 6) is 0.625. The fourth-order valence-corrected chi connectivity index (χ4v) is 2.84. The van der Waals surface area contributed by atoms with Gasteiger partial charge < -0.3 is 20.1 Å². The van der Waals surface area contributed by atoms with Gasteiger partial charge in [-0.2, -0.15) is 0 Å². The maximum absolute atomic E-state index is 12.4. The minimum absolute atomic E-state index is 0.00897. The van der Waals surface area contributed by atoms with Gasteiger partial charge in [-0.1, -0.05) is 19.9 Å². The Morgan fingerprint density at radius 1 is 0.964 bits per heavy atom. The molecule has 0 heterocycles. The van der Waals surface area contributed by atoms with Crippen LogP contribution in [-0.2, 0) is 14.3 Å². The summed E-state index contributed by atoms with van der Waals surface area (Å²) in [5.41, 5.74) is 3.66. The lowest BCUT2D eigenvalue weighted by molar-refractivity contribution is -0.122. The van der Waals surface area contributed by atoms with E-state index in [1.165, 1.54) is 12.7 Å². The van der Waals surface area contributed by atoms with Gasteiger partial charge in [0.15, 0.2) is 6.10 Å². The first-order valence-electron chi connectivity index (χ1n) is 9.27. The van der Waals surface area contributed by atoms with Gasteiger partial charge in [-0.25, -0.2) is 0 Å². The molecule has 28 heavy (non-hydrogen) atoms. The average molecular weight is 384 g/mol. The smallest absolute Gasteiger partial charge is 0.265 e. The van der Waals surface area contributed by atoms with Crippen molar-refractivity contribution in [3.05, 3.63) is 53.6 Å². The number of carbonyl (C=O) groups is 2. The van der Waals surface area contributed by atoms with Crippen molar-refractivity contribution < 1.29 is 19.1 Å². The Morgan fingerprint density at radius 3 is 2.11 bits per heavy atom. The van der Waals surface area contributed by atoms with Crippen LogP contribution >= 0.6 is 0 Å². The zero-order chi connectivity index (χ0) is 20.7. The number of hydrogen-bond acceptors (Lipinski definition) is 4. The van der Waals surface area contributed by atoms with Gasteiger partial charge in [-0.15, -0.1) is 0 Å². The van der Waals surface area contributed by atoms with E-state index in [1.54, 1.807) is 31.2 Å². The molecule has 0 aromatic heterocycles. The van der Waals surface area contributed by atoms with Gasteiger partial charge in [-0.3, -0.25) is 9.59 Å². The van der Waals surface area contributed by atoms with Crippen LogP contribution in [0.3, 0.4) is 0 Å². The topological polar surface area (TPSA) is 76.7 Å². The van der Waals surface area contributed by atoms with Crippen molar-refractivity contribution in [3.8, 4) is 5.75 Å². The summed E-state index contributed by atoms with van der Waals surface area (Å²) in [4.78, 5) is 23.9. The second kappa shape index (κ2) is 9.90. The summed E-state index contributed by atoms with van der Waals surface area (Å²) in [6.45, 7) is 8.03. The summed E-state index contributed by atoms with van der Waals surface area (Å²) in [6.07, 6.45) is -0.648. The van der Waals surface area contributed by atoms with E-state index in [1.807, 2.05) is 25.1 Å². The molecule has 6 heteroatoms. The van der Waals surface area contributed by atoms with Gasteiger partial charge in [-0.05, 0) is 67.3 Å². The van der Waals surface area contributed by atoms with E-state index in [0.29, 0.717) is 23.0 Å². The van der Waals surface area contributed by atoms with Crippen molar-refractivity contribution in [1.29, 1.82) is 0 Å². The zero-order valence-corrected chi connectivity index (χ0v) is 17.0. The number of aryl methyl sites for hydroxylation is 1. The van der Waals surface area contributed by atoms with E-state index in [2.05, 4.69) is 24.5 Å². The van der Waals surface area contributed by atoms with Crippen LogP contribution in [0.5, 0.6) is 5.75 Å². The van der Waals surface area contributed by atoms with Crippen LogP contribution in [-0.4, -0.2) is 31.6 Å². The third kappa shape index (κ3) is 6.09. The molecule has 2 aromatic carbocycles. The molecule has 0 bridgehead atoms. The molecule has 2 rings (SSSR count). The molecule has 2 N–H and O–H groups in total. The van der Waals surface area contributed by atoms with Crippen LogP contribution in [0.2, 0.25) is 0 Å². The summed E-state index contributed by atoms with van der Waals surface area (Å²) in [7, 11) is 1.46. The number of ether oxygens (including phenoxy) is 2. The first kappa shape index (κ1) is 21.4. The number of anilines is 2. The fourth-order valence-electron chi connectivity index (χ4n) is 2.84. The van der Waals surface area contributed by atoms with Gasteiger partial charge >= 0.3 is 0 Å². The Kier molecular flexibility index (Phi) is 7.58. The average Bonchev–Trinajstić information content (AvgIpc) is 2.63. The maximum atomic E-state index is 12.4. The number of rotatable bonds is 8. The molecule has 2 aromatic rings. The number of amides is 2. The Labute approximate surface area is 166 Å². The van der Waals surface area contributed by atoms with Crippen molar-refractivity contribution >= 4 is 23.2 Å². The lowest BCUT2D eigenvalue weighted by atomic mass is 9.98. The summed E-state index contributed by atoms with van der Waals surface area (Å²) in [5, 5.41) is 5.51. The van der Waals surface area contributed by atoms with Crippen LogP contribution in [0, 0.1) is 6.92 Å². The van der Waals surface area contributed by atoms with Crippen molar-refractivity contribution in [2.75, 3.05) is 24.4 Å². The molecule has 0 radical (unpaired) electrons. The third-order valence-corrected chi connectivity index (χ3v) is 4.26. The molecule has 0 aliphatic carbocycles. The molecule has 150 valence electrons. The molecule has 6 nitrogen and oxygen atoms in total. The molecule has 1 atom stereocenters. The van der Waals surface area contributed by atoms with E-state index >= 15 is 0 Å². The molecule has 2 amide bonds. The van der Waals surface area contributed by atoms with Crippen molar-refractivity contribution in [2.24, 2.45) is 0 Å². The maximum Gasteiger partial charge on any atom is 0.265 e. The van der Waals surface area contributed by atoms with Crippen LogP contribution < -0.4 is 15.4 Å². The quantitative estimate of drug-likeness (QED) is 0.718. The molecule has 0 fully saturated rings. The highest BCUT2D eigenvalue weighted by atomic mass is 16.5. The van der Waals surface area contributed by atoms with Crippen LogP contribution in [0.25, 0.3) is 0 Å². The Balaban J connectivity index is 1.93. The van der Waals surface area contributed by atoms with Gasteiger partial charge in [0, 0.05) is 18.5 Å². The van der Waals surface area contributed by atoms with Crippen LogP contribution in [0.4, 0.5) is 11.4 Å². The first-order valence-corrected chi connectivity index (χ1v) is 9.27. The lowest BCUT2D eigenvalue weighted by Gasteiger charge is -2.17. The molecular weight excluding hydrogens is 356 g/mol. The summed E-state index contributed by atoms with van der Waals surface area (Å²) >= 11 is 0. The standard InChI is InChI=1S/C22H28N2O4/c1-14(2)20-11-10-19(12-15(20)3)28-16(4)22(26)24-18-8-6-17(7-9-18)23-21(25)13-27-5/h6-12,14,16H,13H2,1-5H3,(H,23,25)(H,24,26). The first-order chi connectivity index (χ1) is 13.3. The summed E-state index contributed by atoms with van der Waals surface area (Å²) < 4.78 is 10.6. The molecule has 0 aliphatic heterocycles. The zero-order valence-electron chi connectivity index (χ0n) is 17.0. The molecule has 0 aliphatic rings. The predicted molar refractivity (Wildman–Crippen MR) is 111 cm³/mol. The lowest BCUT2D eigenvalue weighted by Crippen LogP contribution is -2.30. The second-order valence-electron chi connectivity index (χ2n) is 6.98. The third-order valence-electron chi connectivity index (χ3n) is 4.26. The number of hydrogen-bond donors (Lipinski definition) is 2. The van der Waals surface area contributed by atoms with E-state index in [9.17, 15) is 9.59 Å². The minimum Gasteiger partial charge on any atom is -0.481 e. The number of benzene rings is 2. The van der Waals surface area contributed by atoms with E-state index in [-0.39, 0.29) is 18.4 Å². The molecular formula is C22H28N2O4. The molecule has 0 saturated heterocycles. The van der Waals surface area contributed by atoms with Crippen LogP contribution in [0.15, 0.2) is 42.5 Å². The Morgan fingerprint density at radius 2 is 1.57 bits per heavy atom. The second-order valence-corrected chi connectivity index (χ2v) is 6.98. The minimum atomic E-state index is -0.648. The number of nitrogens with one attached hydrogen (secondary N) is 2. The molecule has 1 unspecified atom stereocenters. The highest BCUT2D eigenvalue weighted by Gasteiger charge is 2.16. The highest BCUT2D eigenvalue weighted by Crippen LogP contribution is 2.24. The fraction of sp³-hybridized carbons (Fsp3) is 0.364. The van der Waals surface area contributed by atoms with E-state index in [0.717, 1.165) is 5.56 Å². The highest BCUT2D eigenvalue weighted by molar-refractivity contribution is 5.95. The van der Waals surface area contributed by atoms with Crippen LogP contribution in [0.1, 0.15) is 37.8 Å². The Bertz CT molecular complexity index is 816. The van der Waals surface area contributed by atoms with Crippen molar-refractivity contribution in [1.82, 2.24) is 0 Å².